The molecule has 0 aliphatic rings. The van der Waals surface area contributed by atoms with Gasteiger partial charge in [-0.2, -0.15) is 0 Å². The molecule has 19 heavy (non-hydrogen) atoms. The molecular weight excluding hydrogens is 236 g/mol. The Morgan fingerprint density at radius 2 is 1.63 bits per heavy atom. The minimum absolute atomic E-state index is 0.250. The molecule has 0 fully saturated rings. The van der Waals surface area contributed by atoms with Gasteiger partial charge in [0, 0.05) is 11.4 Å². The zero-order valence-corrected chi connectivity index (χ0v) is 12.1. The molecule has 1 N–H and O–H groups in total. The quantitative estimate of drug-likeness (QED) is 0.882. The SMILES string of the molecule is CCOc1ccc(C(C)Nn2c(C)ccc2C)cc1. The summed E-state index contributed by atoms with van der Waals surface area (Å²) in [5.41, 5.74) is 7.18. The molecule has 2 aromatic rings. The van der Waals surface area contributed by atoms with E-state index in [0.717, 1.165) is 5.75 Å². The third kappa shape index (κ3) is 3.11. The van der Waals surface area contributed by atoms with E-state index in [9.17, 15) is 0 Å². The smallest absolute Gasteiger partial charge is 0.119 e. The normalized spacial score (nSPS) is 12.2. The summed E-state index contributed by atoms with van der Waals surface area (Å²) in [6, 6.07) is 12.7. The van der Waals surface area contributed by atoms with Crippen LogP contribution in [0.4, 0.5) is 0 Å². The number of hydrogen-bond acceptors (Lipinski definition) is 2. The van der Waals surface area contributed by atoms with E-state index in [4.69, 9.17) is 4.74 Å². The molecule has 1 aromatic carbocycles. The summed E-state index contributed by atoms with van der Waals surface area (Å²) in [4.78, 5) is 0. The van der Waals surface area contributed by atoms with Gasteiger partial charge in [-0.3, -0.25) is 4.68 Å². The lowest BCUT2D eigenvalue weighted by molar-refractivity contribution is 0.340. The molecule has 0 amide bonds. The van der Waals surface area contributed by atoms with Gasteiger partial charge >= 0.3 is 0 Å². The number of nitrogens with one attached hydrogen (secondary N) is 1. The van der Waals surface area contributed by atoms with Crippen LogP contribution in [0.15, 0.2) is 36.4 Å². The van der Waals surface area contributed by atoms with Crippen molar-refractivity contribution in [1.82, 2.24) is 4.68 Å². The summed E-state index contributed by atoms with van der Waals surface area (Å²) in [7, 11) is 0. The lowest BCUT2D eigenvalue weighted by Gasteiger charge is -2.20. The molecule has 1 unspecified atom stereocenters. The second-order valence-electron chi connectivity index (χ2n) is 4.80. The Bertz CT molecular complexity index is 509. The monoisotopic (exact) mass is 258 g/mol. The zero-order valence-electron chi connectivity index (χ0n) is 12.1. The molecular formula is C16H22N2O. The van der Waals surface area contributed by atoms with E-state index < -0.39 is 0 Å². The Morgan fingerprint density at radius 1 is 1.05 bits per heavy atom. The fourth-order valence-electron chi connectivity index (χ4n) is 2.16. The van der Waals surface area contributed by atoms with Gasteiger partial charge in [0.15, 0.2) is 0 Å². The van der Waals surface area contributed by atoms with Crippen LogP contribution >= 0.6 is 0 Å². The summed E-state index contributed by atoms with van der Waals surface area (Å²) in [6.07, 6.45) is 0. The van der Waals surface area contributed by atoms with E-state index >= 15 is 0 Å². The van der Waals surface area contributed by atoms with Gasteiger partial charge in [-0.25, -0.2) is 0 Å². The van der Waals surface area contributed by atoms with Gasteiger partial charge < -0.3 is 10.2 Å². The van der Waals surface area contributed by atoms with Gasteiger partial charge in [0.05, 0.1) is 12.6 Å². The zero-order chi connectivity index (χ0) is 13.8. The number of ether oxygens (including phenoxy) is 1. The number of aryl methyl sites for hydroxylation is 2. The first kappa shape index (κ1) is 13.5. The van der Waals surface area contributed by atoms with Crippen LogP contribution in [0.3, 0.4) is 0 Å². The van der Waals surface area contributed by atoms with Crippen LogP contribution < -0.4 is 10.2 Å². The molecule has 0 bridgehead atoms. The highest BCUT2D eigenvalue weighted by Gasteiger charge is 2.08. The molecule has 1 atom stereocenters. The van der Waals surface area contributed by atoms with Crippen molar-refractivity contribution in [3.63, 3.8) is 0 Å². The molecule has 0 spiro atoms. The average molecular weight is 258 g/mol. The predicted octanol–water partition coefficient (Wildman–Crippen LogP) is 3.81. The molecule has 2 rings (SSSR count). The number of rotatable bonds is 5. The van der Waals surface area contributed by atoms with Gasteiger partial charge in [0.2, 0.25) is 0 Å². The molecule has 3 heteroatoms. The van der Waals surface area contributed by atoms with Gasteiger partial charge in [0.25, 0.3) is 0 Å². The lowest BCUT2D eigenvalue weighted by atomic mass is 10.1. The van der Waals surface area contributed by atoms with Crippen LogP contribution in [-0.2, 0) is 0 Å². The maximum absolute atomic E-state index is 5.46. The highest BCUT2D eigenvalue weighted by atomic mass is 16.5. The van der Waals surface area contributed by atoms with Crippen LogP contribution in [0.1, 0.15) is 36.8 Å². The molecule has 102 valence electrons. The number of nitrogens with zero attached hydrogens (tertiary/aromatic N) is 1. The molecule has 1 aromatic heterocycles. The Labute approximate surface area is 115 Å². The van der Waals surface area contributed by atoms with Gasteiger partial charge in [-0.15, -0.1) is 0 Å². The van der Waals surface area contributed by atoms with E-state index in [1.165, 1.54) is 17.0 Å². The third-order valence-electron chi connectivity index (χ3n) is 3.29. The van der Waals surface area contributed by atoms with E-state index in [2.05, 4.69) is 55.1 Å². The molecule has 0 saturated carbocycles. The van der Waals surface area contributed by atoms with Crippen LogP contribution in [0.25, 0.3) is 0 Å². The summed E-state index contributed by atoms with van der Waals surface area (Å²) in [5.74, 6) is 0.923. The van der Waals surface area contributed by atoms with Gasteiger partial charge in [-0.1, -0.05) is 12.1 Å². The van der Waals surface area contributed by atoms with Crippen LogP contribution in [0, 0.1) is 13.8 Å². The van der Waals surface area contributed by atoms with Crippen molar-refractivity contribution >= 4 is 0 Å². The maximum atomic E-state index is 5.46. The molecule has 1 heterocycles. The number of hydrogen-bond donors (Lipinski definition) is 1. The Balaban J connectivity index is 2.09. The minimum Gasteiger partial charge on any atom is -0.494 e. The predicted molar refractivity (Wildman–Crippen MR) is 79.3 cm³/mol. The Kier molecular flexibility index (Phi) is 4.15. The average Bonchev–Trinajstić information content (AvgIpc) is 2.72. The van der Waals surface area contributed by atoms with E-state index in [0.29, 0.717) is 6.61 Å². The van der Waals surface area contributed by atoms with Crippen molar-refractivity contribution < 1.29 is 4.74 Å². The van der Waals surface area contributed by atoms with E-state index in [-0.39, 0.29) is 6.04 Å². The molecule has 0 aliphatic heterocycles. The fraction of sp³-hybridized carbons (Fsp3) is 0.375. The minimum atomic E-state index is 0.250. The summed E-state index contributed by atoms with van der Waals surface area (Å²) < 4.78 is 7.59. The summed E-state index contributed by atoms with van der Waals surface area (Å²) >= 11 is 0. The first-order valence-electron chi connectivity index (χ1n) is 6.76. The lowest BCUT2D eigenvalue weighted by Crippen LogP contribution is -2.20. The van der Waals surface area contributed by atoms with Gasteiger partial charge in [0.1, 0.15) is 5.75 Å². The Morgan fingerprint density at radius 3 is 2.16 bits per heavy atom. The van der Waals surface area contributed by atoms with E-state index in [1.807, 2.05) is 19.1 Å². The van der Waals surface area contributed by atoms with E-state index in [1.54, 1.807) is 0 Å². The molecule has 0 aliphatic carbocycles. The standard InChI is InChI=1S/C16H22N2O/c1-5-19-16-10-8-15(9-11-16)14(4)17-18-12(2)6-7-13(18)3/h6-11,14,17H,5H2,1-4H3. The Hall–Kier alpha value is -1.90. The second-order valence-corrected chi connectivity index (χ2v) is 4.80. The van der Waals surface area contributed by atoms with Crippen molar-refractivity contribution in [2.45, 2.75) is 33.7 Å². The van der Waals surface area contributed by atoms with Crippen LogP contribution in [-0.4, -0.2) is 11.3 Å². The van der Waals surface area contributed by atoms with Crippen LogP contribution in [0.2, 0.25) is 0 Å². The summed E-state index contributed by atoms with van der Waals surface area (Å²) in [6.45, 7) is 9.06. The molecule has 0 radical (unpaired) electrons. The maximum Gasteiger partial charge on any atom is 0.119 e. The highest BCUT2D eigenvalue weighted by Crippen LogP contribution is 2.19. The highest BCUT2D eigenvalue weighted by molar-refractivity contribution is 5.30. The fourth-order valence-corrected chi connectivity index (χ4v) is 2.16. The third-order valence-corrected chi connectivity index (χ3v) is 3.29. The first-order valence-corrected chi connectivity index (χ1v) is 6.76. The topological polar surface area (TPSA) is 26.2 Å². The molecule has 3 nitrogen and oxygen atoms in total. The van der Waals surface area contributed by atoms with Crippen molar-refractivity contribution in [3.8, 4) is 5.75 Å². The first-order chi connectivity index (χ1) is 9.11. The number of aromatic nitrogens is 1. The van der Waals surface area contributed by atoms with Gasteiger partial charge in [-0.05, 0) is 57.5 Å². The van der Waals surface area contributed by atoms with Crippen molar-refractivity contribution in [2.75, 3.05) is 12.0 Å². The largest absolute Gasteiger partial charge is 0.494 e. The number of benzene rings is 1. The summed E-state index contributed by atoms with van der Waals surface area (Å²) in [5, 5.41) is 0. The second kappa shape index (κ2) is 5.83. The van der Waals surface area contributed by atoms with Crippen molar-refractivity contribution in [1.29, 1.82) is 0 Å². The van der Waals surface area contributed by atoms with Crippen LogP contribution in [0.5, 0.6) is 5.75 Å². The van der Waals surface area contributed by atoms with Crippen molar-refractivity contribution in [2.24, 2.45) is 0 Å². The molecule has 0 saturated heterocycles. The van der Waals surface area contributed by atoms with Crippen molar-refractivity contribution in [3.05, 3.63) is 53.3 Å².